The van der Waals surface area contributed by atoms with Gasteiger partial charge in [0.1, 0.15) is 11.4 Å². The topological polar surface area (TPSA) is 38.7 Å². The van der Waals surface area contributed by atoms with Crippen LogP contribution in [0.3, 0.4) is 0 Å². The van der Waals surface area contributed by atoms with Crippen LogP contribution in [-0.2, 0) is 10.3 Å². The fraction of sp³-hybridized carbons (Fsp3) is 0.250. The van der Waals surface area contributed by atoms with E-state index >= 15 is 0 Å². The fourth-order valence-corrected chi connectivity index (χ4v) is 2.12. The van der Waals surface area contributed by atoms with Gasteiger partial charge in [-0.05, 0) is 23.3 Å². The van der Waals surface area contributed by atoms with E-state index in [0.29, 0.717) is 0 Å². The molecule has 19 heavy (non-hydrogen) atoms. The molecule has 0 saturated heterocycles. The highest BCUT2D eigenvalue weighted by atomic mass is 16.5. The molecule has 0 aliphatic carbocycles. The van der Waals surface area contributed by atoms with E-state index in [1.165, 1.54) is 0 Å². The molecule has 3 heteroatoms. The molecule has 0 aliphatic heterocycles. The molecule has 2 rings (SSSR count). The molecular weight excluding hydrogens is 240 g/mol. The molecule has 100 valence electrons. The standard InChI is InChI=1S/C16H18O3/c1-18-12-16(17,13-6-4-3-5-7-13)14-8-10-15(19-2)11-9-14/h3-11,17H,12H2,1-2H3. The summed E-state index contributed by atoms with van der Waals surface area (Å²) in [7, 11) is 3.20. The van der Waals surface area contributed by atoms with Crippen molar-refractivity contribution in [1.29, 1.82) is 0 Å². The molecule has 0 fully saturated rings. The zero-order valence-electron chi connectivity index (χ0n) is 11.2. The Labute approximate surface area is 113 Å². The lowest BCUT2D eigenvalue weighted by Crippen LogP contribution is -2.32. The number of aliphatic hydroxyl groups is 1. The minimum atomic E-state index is -1.15. The molecule has 0 amide bonds. The number of hydrogen-bond donors (Lipinski definition) is 1. The maximum absolute atomic E-state index is 11.0. The van der Waals surface area contributed by atoms with E-state index in [1.807, 2.05) is 54.6 Å². The van der Waals surface area contributed by atoms with Gasteiger partial charge in [-0.25, -0.2) is 0 Å². The van der Waals surface area contributed by atoms with Gasteiger partial charge >= 0.3 is 0 Å². The van der Waals surface area contributed by atoms with Crippen LogP contribution in [0.15, 0.2) is 54.6 Å². The van der Waals surface area contributed by atoms with E-state index in [9.17, 15) is 5.11 Å². The summed E-state index contributed by atoms with van der Waals surface area (Å²) in [6.07, 6.45) is 0. The van der Waals surface area contributed by atoms with Crippen LogP contribution in [-0.4, -0.2) is 25.9 Å². The average Bonchev–Trinajstić information content (AvgIpc) is 2.48. The molecule has 0 saturated carbocycles. The molecule has 0 aromatic heterocycles. The zero-order chi connectivity index (χ0) is 13.7. The molecule has 0 spiro atoms. The van der Waals surface area contributed by atoms with Crippen LogP contribution in [0.5, 0.6) is 5.75 Å². The lowest BCUT2D eigenvalue weighted by atomic mass is 9.87. The van der Waals surface area contributed by atoms with Crippen molar-refractivity contribution in [1.82, 2.24) is 0 Å². The van der Waals surface area contributed by atoms with Crippen LogP contribution in [0.25, 0.3) is 0 Å². The van der Waals surface area contributed by atoms with Gasteiger partial charge in [-0.1, -0.05) is 42.5 Å². The van der Waals surface area contributed by atoms with Gasteiger partial charge < -0.3 is 14.6 Å². The highest BCUT2D eigenvalue weighted by Crippen LogP contribution is 2.30. The second-order valence-electron chi connectivity index (χ2n) is 4.39. The Morgan fingerprint density at radius 1 is 0.895 bits per heavy atom. The van der Waals surface area contributed by atoms with Crippen molar-refractivity contribution in [3.05, 3.63) is 65.7 Å². The molecule has 0 aliphatic rings. The van der Waals surface area contributed by atoms with Crippen LogP contribution in [0.2, 0.25) is 0 Å². The molecule has 1 N–H and O–H groups in total. The summed E-state index contributed by atoms with van der Waals surface area (Å²) in [4.78, 5) is 0. The van der Waals surface area contributed by atoms with Gasteiger partial charge in [0.2, 0.25) is 0 Å². The quantitative estimate of drug-likeness (QED) is 0.896. The van der Waals surface area contributed by atoms with Gasteiger partial charge in [-0.2, -0.15) is 0 Å². The minimum Gasteiger partial charge on any atom is -0.497 e. The summed E-state index contributed by atoms with van der Waals surface area (Å²) < 4.78 is 10.3. The van der Waals surface area contributed by atoms with E-state index in [4.69, 9.17) is 9.47 Å². The molecule has 0 heterocycles. The summed E-state index contributed by atoms with van der Waals surface area (Å²) in [6, 6.07) is 16.9. The monoisotopic (exact) mass is 258 g/mol. The minimum absolute atomic E-state index is 0.198. The van der Waals surface area contributed by atoms with Crippen LogP contribution >= 0.6 is 0 Å². The Hall–Kier alpha value is -1.84. The summed E-state index contributed by atoms with van der Waals surface area (Å²) in [5.41, 5.74) is 0.436. The number of ether oxygens (including phenoxy) is 2. The summed E-state index contributed by atoms with van der Waals surface area (Å²) in [5, 5.41) is 11.0. The second kappa shape index (κ2) is 5.87. The molecule has 0 bridgehead atoms. The third-order valence-corrected chi connectivity index (χ3v) is 3.17. The Morgan fingerprint density at radius 2 is 1.47 bits per heavy atom. The van der Waals surface area contributed by atoms with E-state index in [1.54, 1.807) is 14.2 Å². The number of rotatable bonds is 5. The smallest absolute Gasteiger partial charge is 0.138 e. The SMILES string of the molecule is COCC(O)(c1ccccc1)c1ccc(OC)cc1. The summed E-state index contributed by atoms with van der Waals surface area (Å²) in [6.45, 7) is 0.198. The first-order chi connectivity index (χ1) is 9.20. The van der Waals surface area contributed by atoms with Crippen LogP contribution in [0.1, 0.15) is 11.1 Å². The first kappa shape index (κ1) is 13.6. The summed E-state index contributed by atoms with van der Waals surface area (Å²) in [5.74, 6) is 0.761. The fourth-order valence-electron chi connectivity index (χ4n) is 2.12. The van der Waals surface area contributed by atoms with Gasteiger partial charge in [0.05, 0.1) is 13.7 Å². The Balaban J connectivity index is 2.43. The lowest BCUT2D eigenvalue weighted by Gasteiger charge is -2.28. The molecule has 1 atom stereocenters. The molecule has 0 radical (unpaired) electrons. The molecular formula is C16H18O3. The molecule has 2 aromatic carbocycles. The average molecular weight is 258 g/mol. The Morgan fingerprint density at radius 3 is 2.00 bits per heavy atom. The summed E-state index contributed by atoms with van der Waals surface area (Å²) >= 11 is 0. The third-order valence-electron chi connectivity index (χ3n) is 3.17. The van der Waals surface area contributed by atoms with Gasteiger partial charge in [0.25, 0.3) is 0 Å². The zero-order valence-corrected chi connectivity index (χ0v) is 11.2. The largest absolute Gasteiger partial charge is 0.497 e. The highest BCUT2D eigenvalue weighted by Gasteiger charge is 2.31. The van der Waals surface area contributed by atoms with E-state index < -0.39 is 5.60 Å². The lowest BCUT2D eigenvalue weighted by molar-refractivity contribution is -0.00330. The van der Waals surface area contributed by atoms with Crippen molar-refractivity contribution in [2.75, 3.05) is 20.8 Å². The second-order valence-corrected chi connectivity index (χ2v) is 4.39. The van der Waals surface area contributed by atoms with Crippen LogP contribution in [0, 0.1) is 0 Å². The van der Waals surface area contributed by atoms with E-state index in [-0.39, 0.29) is 6.61 Å². The van der Waals surface area contributed by atoms with Crippen LogP contribution < -0.4 is 4.74 Å². The van der Waals surface area contributed by atoms with Crippen molar-refractivity contribution in [3.63, 3.8) is 0 Å². The highest BCUT2D eigenvalue weighted by molar-refractivity contribution is 5.38. The number of benzene rings is 2. The first-order valence-corrected chi connectivity index (χ1v) is 6.12. The van der Waals surface area contributed by atoms with Crippen molar-refractivity contribution in [3.8, 4) is 5.75 Å². The van der Waals surface area contributed by atoms with Crippen molar-refractivity contribution >= 4 is 0 Å². The van der Waals surface area contributed by atoms with Gasteiger partial charge in [0, 0.05) is 7.11 Å². The van der Waals surface area contributed by atoms with Gasteiger partial charge in [-0.15, -0.1) is 0 Å². The van der Waals surface area contributed by atoms with Crippen molar-refractivity contribution in [2.45, 2.75) is 5.60 Å². The Bertz CT molecular complexity index is 507. The third kappa shape index (κ3) is 2.78. The number of methoxy groups -OCH3 is 2. The van der Waals surface area contributed by atoms with Crippen molar-refractivity contribution in [2.24, 2.45) is 0 Å². The van der Waals surface area contributed by atoms with Crippen molar-refractivity contribution < 1.29 is 14.6 Å². The first-order valence-electron chi connectivity index (χ1n) is 6.12. The molecule has 1 unspecified atom stereocenters. The molecule has 2 aromatic rings. The normalized spacial score (nSPS) is 13.8. The van der Waals surface area contributed by atoms with Gasteiger partial charge in [-0.3, -0.25) is 0 Å². The maximum Gasteiger partial charge on any atom is 0.138 e. The predicted octanol–water partition coefficient (Wildman–Crippen LogP) is 2.58. The van der Waals surface area contributed by atoms with E-state index in [0.717, 1.165) is 16.9 Å². The number of hydrogen-bond acceptors (Lipinski definition) is 3. The van der Waals surface area contributed by atoms with Crippen LogP contribution in [0.4, 0.5) is 0 Å². The molecule has 3 nitrogen and oxygen atoms in total. The van der Waals surface area contributed by atoms with Gasteiger partial charge in [0.15, 0.2) is 0 Å². The van der Waals surface area contributed by atoms with E-state index in [2.05, 4.69) is 0 Å². The Kier molecular flexibility index (Phi) is 4.20. The predicted molar refractivity (Wildman–Crippen MR) is 74.3 cm³/mol. The maximum atomic E-state index is 11.0.